The highest BCUT2D eigenvalue weighted by atomic mass is 35.5. The van der Waals surface area contributed by atoms with Crippen molar-refractivity contribution in [3.05, 3.63) is 47.5 Å². The topological polar surface area (TPSA) is 22.1 Å². The fourth-order valence-corrected chi connectivity index (χ4v) is 1.35. The summed E-state index contributed by atoms with van der Waals surface area (Å²) >= 11 is 5.77. The van der Waals surface area contributed by atoms with Gasteiger partial charge in [0.05, 0.1) is 6.26 Å². The van der Waals surface area contributed by atoms with Crippen molar-refractivity contribution in [2.45, 2.75) is 0 Å². The van der Waals surface area contributed by atoms with Crippen molar-refractivity contribution in [1.29, 1.82) is 0 Å². The summed E-state index contributed by atoms with van der Waals surface area (Å²) in [5.41, 5.74) is 2.18. The van der Waals surface area contributed by atoms with Crippen molar-refractivity contribution in [2.24, 2.45) is 0 Å². The summed E-state index contributed by atoms with van der Waals surface area (Å²) in [6.45, 7) is 0.594. The van der Waals surface area contributed by atoms with Gasteiger partial charge in [-0.3, -0.25) is 0 Å². The van der Waals surface area contributed by atoms with Crippen LogP contribution in [-0.4, -0.2) is 11.6 Å². The molecule has 1 aromatic heterocycles. The van der Waals surface area contributed by atoms with Gasteiger partial charge in [-0.2, -0.15) is 0 Å². The third kappa shape index (κ3) is 1.90. The molecule has 66 valence electrons. The van der Waals surface area contributed by atoms with E-state index < -0.39 is 0 Å². The number of nitrogens with zero attached hydrogens (tertiary/aromatic N) is 1. The average molecular weight is 194 g/mol. The van der Waals surface area contributed by atoms with E-state index in [0.717, 1.165) is 11.1 Å². The maximum absolute atomic E-state index is 5.77. The molecule has 1 aliphatic rings. The van der Waals surface area contributed by atoms with E-state index in [1.807, 2.05) is 24.3 Å². The molecule has 0 amide bonds. The number of ether oxygens (including phenoxy) is 1. The van der Waals surface area contributed by atoms with E-state index in [1.165, 1.54) is 0 Å². The Bertz CT molecular complexity index is 371. The van der Waals surface area contributed by atoms with Crippen LogP contribution >= 0.6 is 11.6 Å². The summed E-state index contributed by atoms with van der Waals surface area (Å²) in [6, 6.07) is 3.75. The molecule has 3 heteroatoms. The molecule has 0 radical (unpaired) electrons. The summed E-state index contributed by atoms with van der Waals surface area (Å²) in [5, 5.41) is 0.507. The van der Waals surface area contributed by atoms with E-state index in [0.29, 0.717) is 11.8 Å². The van der Waals surface area contributed by atoms with Crippen LogP contribution in [0.5, 0.6) is 0 Å². The lowest BCUT2D eigenvalue weighted by atomic mass is 10.1. The molecule has 0 fully saturated rings. The zero-order valence-electron chi connectivity index (χ0n) is 6.90. The fourth-order valence-electron chi connectivity index (χ4n) is 1.18. The van der Waals surface area contributed by atoms with Crippen molar-refractivity contribution in [3.8, 4) is 0 Å². The molecule has 0 bridgehead atoms. The van der Waals surface area contributed by atoms with Gasteiger partial charge in [-0.25, -0.2) is 4.98 Å². The first kappa shape index (κ1) is 8.32. The Labute approximate surface area is 81.5 Å². The number of hydrogen-bond donors (Lipinski definition) is 0. The summed E-state index contributed by atoms with van der Waals surface area (Å²) in [6.07, 6.45) is 7.24. The van der Waals surface area contributed by atoms with Crippen LogP contribution in [0.1, 0.15) is 5.56 Å². The second kappa shape index (κ2) is 3.62. The third-order valence-electron chi connectivity index (χ3n) is 1.81. The summed E-state index contributed by atoms with van der Waals surface area (Å²) < 4.78 is 5.16. The number of hydrogen-bond acceptors (Lipinski definition) is 2. The van der Waals surface area contributed by atoms with Crippen molar-refractivity contribution in [3.63, 3.8) is 0 Å². The van der Waals surface area contributed by atoms with Crippen LogP contribution in [0.2, 0.25) is 5.15 Å². The molecule has 1 aromatic rings. The monoisotopic (exact) mass is 193 g/mol. The number of aromatic nitrogens is 1. The van der Waals surface area contributed by atoms with Gasteiger partial charge in [0.25, 0.3) is 0 Å². The van der Waals surface area contributed by atoms with Gasteiger partial charge < -0.3 is 4.74 Å². The number of rotatable bonds is 1. The SMILES string of the molecule is Clc1cc(C2=CC=COC2)ccn1. The largest absolute Gasteiger partial charge is 0.496 e. The smallest absolute Gasteiger partial charge is 0.129 e. The Kier molecular flexibility index (Phi) is 2.32. The van der Waals surface area contributed by atoms with Crippen LogP contribution in [0.25, 0.3) is 5.57 Å². The van der Waals surface area contributed by atoms with Gasteiger partial charge in [-0.1, -0.05) is 17.7 Å². The van der Waals surface area contributed by atoms with Gasteiger partial charge >= 0.3 is 0 Å². The van der Waals surface area contributed by atoms with Crippen LogP contribution in [-0.2, 0) is 4.74 Å². The van der Waals surface area contributed by atoms with E-state index in [-0.39, 0.29) is 0 Å². The molecule has 0 unspecified atom stereocenters. The van der Waals surface area contributed by atoms with Gasteiger partial charge in [-0.15, -0.1) is 0 Å². The Morgan fingerprint density at radius 2 is 2.38 bits per heavy atom. The second-order valence-electron chi connectivity index (χ2n) is 2.70. The van der Waals surface area contributed by atoms with Gasteiger partial charge in [0.2, 0.25) is 0 Å². The zero-order valence-corrected chi connectivity index (χ0v) is 7.66. The standard InChI is InChI=1S/C10H8ClNO/c11-10-6-8(3-4-12-10)9-2-1-5-13-7-9/h1-6H,7H2. The zero-order chi connectivity index (χ0) is 9.10. The van der Waals surface area contributed by atoms with Crippen molar-refractivity contribution in [2.75, 3.05) is 6.61 Å². The van der Waals surface area contributed by atoms with Crippen molar-refractivity contribution < 1.29 is 4.74 Å². The van der Waals surface area contributed by atoms with Gasteiger partial charge in [0, 0.05) is 6.20 Å². The number of allylic oxidation sites excluding steroid dienone is 2. The summed E-state index contributed by atoms with van der Waals surface area (Å²) in [4.78, 5) is 3.91. The Hall–Kier alpha value is -1.28. The highest BCUT2D eigenvalue weighted by molar-refractivity contribution is 6.29. The minimum atomic E-state index is 0.507. The Morgan fingerprint density at radius 3 is 3.08 bits per heavy atom. The second-order valence-corrected chi connectivity index (χ2v) is 3.09. The lowest BCUT2D eigenvalue weighted by Crippen LogP contribution is -1.96. The molecule has 2 rings (SSSR count). The van der Waals surface area contributed by atoms with Crippen LogP contribution in [0, 0.1) is 0 Å². The molecule has 0 saturated heterocycles. The van der Waals surface area contributed by atoms with Crippen molar-refractivity contribution in [1.82, 2.24) is 4.98 Å². The predicted octanol–water partition coefficient (Wildman–Crippen LogP) is 2.66. The highest BCUT2D eigenvalue weighted by Gasteiger charge is 2.03. The van der Waals surface area contributed by atoms with E-state index >= 15 is 0 Å². The lowest BCUT2D eigenvalue weighted by molar-refractivity contribution is 0.293. The molecule has 13 heavy (non-hydrogen) atoms. The molecule has 0 spiro atoms. The van der Waals surface area contributed by atoms with Gasteiger partial charge in [0.15, 0.2) is 0 Å². The quantitative estimate of drug-likeness (QED) is 0.640. The van der Waals surface area contributed by atoms with Gasteiger partial charge in [-0.05, 0) is 29.3 Å². The van der Waals surface area contributed by atoms with Gasteiger partial charge in [0.1, 0.15) is 11.8 Å². The fraction of sp³-hybridized carbons (Fsp3) is 0.100. The van der Waals surface area contributed by atoms with Crippen LogP contribution < -0.4 is 0 Å². The Balaban J connectivity index is 2.34. The maximum atomic E-state index is 5.77. The van der Waals surface area contributed by atoms with E-state index in [1.54, 1.807) is 12.5 Å². The highest BCUT2D eigenvalue weighted by Crippen LogP contribution is 2.19. The third-order valence-corrected chi connectivity index (χ3v) is 2.02. The molecule has 0 N–H and O–H groups in total. The van der Waals surface area contributed by atoms with Crippen LogP contribution in [0.3, 0.4) is 0 Å². The Morgan fingerprint density at radius 1 is 1.46 bits per heavy atom. The minimum absolute atomic E-state index is 0.507. The number of halogens is 1. The van der Waals surface area contributed by atoms with E-state index in [9.17, 15) is 0 Å². The molecule has 0 atom stereocenters. The summed E-state index contributed by atoms with van der Waals surface area (Å²) in [7, 11) is 0. The molecule has 0 saturated carbocycles. The first-order chi connectivity index (χ1) is 6.36. The van der Waals surface area contributed by atoms with E-state index in [2.05, 4.69) is 4.98 Å². The molecule has 0 aliphatic carbocycles. The predicted molar refractivity (Wildman–Crippen MR) is 52.3 cm³/mol. The van der Waals surface area contributed by atoms with Crippen LogP contribution in [0.15, 0.2) is 36.7 Å². The molecule has 2 nitrogen and oxygen atoms in total. The molecular formula is C10H8ClNO. The maximum Gasteiger partial charge on any atom is 0.129 e. The average Bonchev–Trinajstić information content (AvgIpc) is 2.19. The molecular weight excluding hydrogens is 186 g/mol. The summed E-state index contributed by atoms with van der Waals surface area (Å²) in [5.74, 6) is 0. The normalized spacial score (nSPS) is 15.0. The van der Waals surface area contributed by atoms with E-state index in [4.69, 9.17) is 16.3 Å². The minimum Gasteiger partial charge on any atom is -0.496 e. The molecule has 1 aliphatic heterocycles. The lowest BCUT2D eigenvalue weighted by Gasteiger charge is -2.09. The first-order valence-corrected chi connectivity index (χ1v) is 4.33. The molecule has 2 heterocycles. The molecule has 0 aromatic carbocycles. The number of pyridine rings is 1. The van der Waals surface area contributed by atoms with Crippen LogP contribution in [0.4, 0.5) is 0 Å². The first-order valence-electron chi connectivity index (χ1n) is 3.95. The van der Waals surface area contributed by atoms with Crippen molar-refractivity contribution >= 4 is 17.2 Å².